The van der Waals surface area contributed by atoms with Crippen molar-refractivity contribution in [3.05, 3.63) is 75.8 Å². The zero-order valence-electron chi connectivity index (χ0n) is 16.9. The molecule has 1 aliphatic carbocycles. The van der Waals surface area contributed by atoms with Crippen LogP contribution in [0.15, 0.2) is 36.7 Å². The molecule has 174 valence electrons. The number of fused-ring (bicyclic) bond motifs is 1. The van der Waals surface area contributed by atoms with Gasteiger partial charge in [-0.25, -0.2) is 18.6 Å². The number of aryl methyl sites for hydroxylation is 1. The van der Waals surface area contributed by atoms with Gasteiger partial charge in [-0.3, -0.25) is 9.48 Å². The van der Waals surface area contributed by atoms with Crippen LogP contribution in [-0.4, -0.2) is 26.8 Å². The summed E-state index contributed by atoms with van der Waals surface area (Å²) < 4.78 is 34.5. The van der Waals surface area contributed by atoms with Crippen molar-refractivity contribution in [2.24, 2.45) is 7.05 Å². The van der Waals surface area contributed by atoms with Crippen molar-refractivity contribution in [2.45, 2.75) is 32.9 Å². The van der Waals surface area contributed by atoms with E-state index in [1.54, 1.807) is 7.05 Å². The first-order valence-electron chi connectivity index (χ1n) is 9.67. The van der Waals surface area contributed by atoms with E-state index in [-0.39, 0.29) is 30.2 Å². The number of carbonyl (C=O) groups is 2. The minimum absolute atomic E-state index is 0. The Kier molecular flexibility index (Phi) is 7.27. The summed E-state index contributed by atoms with van der Waals surface area (Å²) in [6.45, 7) is -0.128. The summed E-state index contributed by atoms with van der Waals surface area (Å²) in [5.41, 5.74) is 1.30. The lowest BCUT2D eigenvalue weighted by Gasteiger charge is -2.16. The highest BCUT2D eigenvalue weighted by Gasteiger charge is 2.31. The van der Waals surface area contributed by atoms with Crippen LogP contribution in [0.5, 0.6) is 0 Å². The second-order valence-electron chi connectivity index (χ2n) is 7.22. The molecule has 0 bridgehead atoms. The molecule has 33 heavy (non-hydrogen) atoms. The Morgan fingerprint density at radius 1 is 1.24 bits per heavy atom. The Labute approximate surface area is 193 Å². The highest BCUT2D eigenvalue weighted by Crippen LogP contribution is 2.36. The maximum Gasteiger partial charge on any atom is 0.408 e. The second kappa shape index (κ2) is 9.95. The summed E-state index contributed by atoms with van der Waals surface area (Å²) in [6, 6.07) is 5.70. The number of nitrogens with zero attached hydrogens (tertiary/aromatic N) is 3. The Balaban J connectivity index is 0.00000306. The number of amides is 2. The molecule has 1 atom stereocenters. The van der Waals surface area contributed by atoms with Crippen molar-refractivity contribution in [1.82, 2.24) is 20.1 Å². The lowest BCUT2D eigenvalue weighted by Crippen LogP contribution is -2.28. The summed E-state index contributed by atoms with van der Waals surface area (Å²) in [4.78, 5) is 28.9. The van der Waals surface area contributed by atoms with Gasteiger partial charge in [0.05, 0.1) is 11.1 Å². The number of carbonyl (C=O) groups excluding carboxylic acids is 2. The molecule has 4 rings (SSSR count). The van der Waals surface area contributed by atoms with Crippen LogP contribution >= 0.6 is 11.6 Å². The van der Waals surface area contributed by atoms with Gasteiger partial charge in [0.25, 0.3) is 5.91 Å². The molecule has 0 fully saturated rings. The van der Waals surface area contributed by atoms with E-state index in [2.05, 4.69) is 20.7 Å². The molecule has 1 aliphatic rings. The van der Waals surface area contributed by atoms with E-state index in [0.717, 1.165) is 6.07 Å². The van der Waals surface area contributed by atoms with Crippen LogP contribution in [0.2, 0.25) is 5.02 Å². The molecule has 1 heterocycles. The van der Waals surface area contributed by atoms with Crippen LogP contribution < -0.4 is 10.6 Å². The lowest BCUT2D eigenvalue weighted by molar-refractivity contribution is 0.102. The summed E-state index contributed by atoms with van der Waals surface area (Å²) in [6.07, 6.45) is 1.51. The summed E-state index contributed by atoms with van der Waals surface area (Å²) >= 11 is 5.75. The van der Waals surface area contributed by atoms with Crippen LogP contribution in [0.3, 0.4) is 0 Å². The molecule has 0 spiro atoms. The SMILES string of the molecule is C.Cn1cnc(COC(=O)N[C@H]2CCc3c(C(=O)Nc4ccc(F)c(Cl)c4)ccc(F)c32)n1. The molecule has 0 unspecified atom stereocenters. The van der Waals surface area contributed by atoms with Crippen LogP contribution in [0, 0.1) is 11.6 Å². The number of alkyl carbamates (subject to hydrolysis) is 1. The third kappa shape index (κ3) is 5.28. The molecule has 2 amide bonds. The van der Waals surface area contributed by atoms with Crippen LogP contribution in [0.25, 0.3) is 0 Å². The van der Waals surface area contributed by atoms with Gasteiger partial charge in [-0.2, -0.15) is 5.10 Å². The Bertz CT molecular complexity index is 1200. The van der Waals surface area contributed by atoms with E-state index in [1.165, 1.54) is 35.3 Å². The predicted octanol–water partition coefficient (Wildman–Crippen LogP) is 4.55. The van der Waals surface area contributed by atoms with Crippen molar-refractivity contribution in [1.29, 1.82) is 0 Å². The van der Waals surface area contributed by atoms with Crippen LogP contribution in [0.1, 0.15) is 47.2 Å². The smallest absolute Gasteiger partial charge is 0.408 e. The van der Waals surface area contributed by atoms with E-state index in [9.17, 15) is 18.4 Å². The van der Waals surface area contributed by atoms with E-state index >= 15 is 0 Å². The maximum atomic E-state index is 14.6. The normalized spacial score (nSPS) is 14.2. The third-order valence-corrected chi connectivity index (χ3v) is 5.32. The van der Waals surface area contributed by atoms with Crippen molar-refractivity contribution in [2.75, 3.05) is 5.32 Å². The number of anilines is 1. The molecule has 2 aromatic carbocycles. The van der Waals surface area contributed by atoms with E-state index in [0.29, 0.717) is 29.9 Å². The first kappa shape index (κ1) is 24.1. The summed E-state index contributed by atoms with van der Waals surface area (Å²) in [5.74, 6) is -1.29. The first-order valence-corrected chi connectivity index (χ1v) is 10.0. The topological polar surface area (TPSA) is 98.1 Å². The second-order valence-corrected chi connectivity index (χ2v) is 7.62. The largest absolute Gasteiger partial charge is 0.441 e. The first-order chi connectivity index (χ1) is 15.3. The molecular weight excluding hydrogens is 456 g/mol. The van der Waals surface area contributed by atoms with E-state index < -0.39 is 29.7 Å². The fourth-order valence-corrected chi connectivity index (χ4v) is 3.79. The fraction of sp³-hybridized carbons (Fsp3) is 0.273. The molecule has 2 N–H and O–H groups in total. The Hall–Kier alpha value is -3.53. The summed E-state index contributed by atoms with van der Waals surface area (Å²) in [5, 5.41) is 9.14. The zero-order chi connectivity index (χ0) is 22.8. The minimum Gasteiger partial charge on any atom is -0.441 e. The Morgan fingerprint density at radius 2 is 2.00 bits per heavy atom. The van der Waals surface area contributed by atoms with Crippen molar-refractivity contribution in [3.63, 3.8) is 0 Å². The number of halogens is 3. The van der Waals surface area contributed by atoms with Crippen molar-refractivity contribution in [3.8, 4) is 0 Å². The average Bonchev–Trinajstić information content (AvgIpc) is 3.36. The van der Waals surface area contributed by atoms with Crippen LogP contribution in [-0.2, 0) is 24.8 Å². The van der Waals surface area contributed by atoms with Gasteiger partial charge < -0.3 is 15.4 Å². The fourth-order valence-electron chi connectivity index (χ4n) is 3.61. The van der Waals surface area contributed by atoms with Crippen molar-refractivity contribution >= 4 is 29.3 Å². The highest BCUT2D eigenvalue weighted by molar-refractivity contribution is 6.31. The zero-order valence-corrected chi connectivity index (χ0v) is 17.6. The summed E-state index contributed by atoms with van der Waals surface area (Å²) in [7, 11) is 1.69. The molecule has 3 aromatic rings. The lowest BCUT2D eigenvalue weighted by atomic mass is 10.0. The number of benzene rings is 2. The van der Waals surface area contributed by atoms with Gasteiger partial charge in [0.1, 0.15) is 18.0 Å². The standard InChI is InChI=1S/C21H18ClF2N5O3.CH4/c1-29-10-25-18(28-29)9-32-21(31)27-17-7-4-12-13(3-6-16(24)19(12)17)20(30)26-11-2-5-15(23)14(22)8-11;/h2-3,5-6,8,10,17H,4,7,9H2,1H3,(H,26,30)(H,27,31);1H4/t17-;/m0./s1. The van der Waals surface area contributed by atoms with Gasteiger partial charge in [0.15, 0.2) is 12.4 Å². The molecular formula is C22H22ClF2N5O3. The van der Waals surface area contributed by atoms with Gasteiger partial charge in [-0.15, -0.1) is 0 Å². The molecule has 1 aromatic heterocycles. The monoisotopic (exact) mass is 477 g/mol. The third-order valence-electron chi connectivity index (χ3n) is 5.03. The number of hydrogen-bond donors (Lipinski definition) is 2. The molecule has 8 nitrogen and oxygen atoms in total. The van der Waals surface area contributed by atoms with Crippen LogP contribution in [0.4, 0.5) is 19.3 Å². The molecule has 11 heteroatoms. The molecule has 0 saturated carbocycles. The molecule has 0 saturated heterocycles. The van der Waals surface area contributed by atoms with Gasteiger partial charge in [0, 0.05) is 23.9 Å². The van der Waals surface area contributed by atoms with Crippen molar-refractivity contribution < 1.29 is 23.1 Å². The van der Waals surface area contributed by atoms with Gasteiger partial charge in [-0.05, 0) is 48.7 Å². The van der Waals surface area contributed by atoms with Gasteiger partial charge in [0.2, 0.25) is 0 Å². The molecule has 0 radical (unpaired) electrons. The highest BCUT2D eigenvalue weighted by atomic mass is 35.5. The number of hydrogen-bond acceptors (Lipinski definition) is 5. The number of aromatic nitrogens is 3. The minimum atomic E-state index is -0.745. The van der Waals surface area contributed by atoms with E-state index in [4.69, 9.17) is 16.3 Å². The predicted molar refractivity (Wildman–Crippen MR) is 118 cm³/mol. The Morgan fingerprint density at radius 3 is 2.70 bits per heavy atom. The average molecular weight is 478 g/mol. The van der Waals surface area contributed by atoms with E-state index in [1.807, 2.05) is 0 Å². The number of ether oxygens (including phenoxy) is 1. The quantitative estimate of drug-likeness (QED) is 0.562. The number of rotatable bonds is 5. The maximum absolute atomic E-state index is 14.6. The molecule has 0 aliphatic heterocycles. The van der Waals surface area contributed by atoms with Gasteiger partial charge in [-0.1, -0.05) is 19.0 Å². The van der Waals surface area contributed by atoms with Gasteiger partial charge >= 0.3 is 6.09 Å². The number of nitrogens with one attached hydrogen (secondary N) is 2.